The van der Waals surface area contributed by atoms with Gasteiger partial charge in [-0.05, 0) is 122 Å². The van der Waals surface area contributed by atoms with E-state index in [9.17, 15) is 0 Å². The number of benzene rings is 8. The van der Waals surface area contributed by atoms with Gasteiger partial charge in [-0.3, -0.25) is 0 Å². The van der Waals surface area contributed by atoms with Crippen LogP contribution in [0.5, 0.6) is 0 Å². The third kappa shape index (κ3) is 6.80. The Bertz CT molecular complexity index is 3450. The second-order valence-electron chi connectivity index (χ2n) is 18.8. The number of para-hydroxylation sites is 1. The molecule has 2 heterocycles. The summed E-state index contributed by atoms with van der Waals surface area (Å²) in [5.41, 5.74) is 8.55. The molecule has 2 aliphatic carbocycles. The Hall–Kier alpha value is -7.17. The third-order valence-electron chi connectivity index (χ3n) is 14.3. The van der Waals surface area contributed by atoms with Crippen LogP contribution in [0.15, 0.2) is 186 Å². The highest BCUT2D eigenvalue weighted by atomic mass is 16.3. The summed E-state index contributed by atoms with van der Waals surface area (Å²) in [6.07, 6.45) is 6.61. The molecule has 0 N–H and O–H groups in total. The van der Waals surface area contributed by atoms with Crippen molar-refractivity contribution in [2.75, 3.05) is 0 Å². The molecule has 10 aromatic rings. The van der Waals surface area contributed by atoms with Crippen LogP contribution >= 0.6 is 0 Å². The molecule has 3 unspecified atom stereocenters. The molecule has 2 bridgehead atoms. The number of hydrogen-bond acceptors (Lipinski definition) is 4. The maximum Gasteiger partial charge on any atom is 0.164 e. The van der Waals surface area contributed by atoms with Crippen LogP contribution in [0.4, 0.5) is 0 Å². The first-order valence-electron chi connectivity index (χ1n) is 23.0. The summed E-state index contributed by atoms with van der Waals surface area (Å²) < 4.78 is 6.81. The fourth-order valence-corrected chi connectivity index (χ4v) is 11.8. The van der Waals surface area contributed by atoms with Crippen molar-refractivity contribution in [3.63, 3.8) is 0 Å². The zero-order chi connectivity index (χ0) is 42.8. The smallest absolute Gasteiger partial charge is 0.164 e. The lowest BCUT2D eigenvalue weighted by Crippen LogP contribution is -2.42. The first-order valence-corrected chi connectivity index (χ1v) is 23.0. The molecule has 2 aromatic heterocycles. The van der Waals surface area contributed by atoms with Crippen LogP contribution in [-0.4, -0.2) is 15.0 Å². The quantitative estimate of drug-likeness (QED) is 0.173. The molecule has 0 spiro atoms. The molecule has 4 heteroatoms. The summed E-state index contributed by atoms with van der Waals surface area (Å²) >= 11 is 0. The van der Waals surface area contributed by atoms with E-state index < -0.39 is 0 Å². The lowest BCUT2D eigenvalue weighted by molar-refractivity contribution is 0.0780. The van der Waals surface area contributed by atoms with Crippen molar-refractivity contribution in [3.8, 4) is 45.3 Å². The number of fused-ring (bicyclic) bond motifs is 10. The molecule has 310 valence electrons. The zero-order valence-corrected chi connectivity index (χ0v) is 36.3. The number of rotatable bonds is 5. The topological polar surface area (TPSA) is 51.8 Å². The van der Waals surface area contributed by atoms with Gasteiger partial charge in [0.1, 0.15) is 11.2 Å². The summed E-state index contributed by atoms with van der Waals surface area (Å²) in [4.78, 5) is 15.6. The van der Waals surface area contributed by atoms with E-state index >= 15 is 0 Å². The molecule has 2 saturated carbocycles. The fourth-order valence-electron chi connectivity index (χ4n) is 11.8. The molecule has 2 aliphatic rings. The van der Waals surface area contributed by atoms with Crippen LogP contribution in [0.2, 0.25) is 0 Å². The van der Waals surface area contributed by atoms with E-state index in [2.05, 4.69) is 190 Å². The minimum Gasteiger partial charge on any atom is -0.456 e. The fraction of sp³-hybridized carbons (Fsp3) is 0.183. The van der Waals surface area contributed by atoms with Crippen molar-refractivity contribution < 1.29 is 4.42 Å². The Morgan fingerprint density at radius 2 is 0.891 bits per heavy atom. The highest BCUT2D eigenvalue weighted by Crippen LogP contribution is 2.54. The van der Waals surface area contributed by atoms with Gasteiger partial charge in [-0.15, -0.1) is 0 Å². The lowest BCUT2D eigenvalue weighted by Gasteiger charge is -2.50. The van der Waals surface area contributed by atoms with E-state index in [0.717, 1.165) is 89.1 Å². The van der Waals surface area contributed by atoms with Gasteiger partial charge in [-0.2, -0.15) is 0 Å². The highest BCUT2D eigenvalue weighted by molar-refractivity contribution is 6.18. The van der Waals surface area contributed by atoms with Crippen LogP contribution in [0.3, 0.4) is 0 Å². The van der Waals surface area contributed by atoms with E-state index in [1.807, 2.05) is 6.07 Å². The van der Waals surface area contributed by atoms with Crippen molar-refractivity contribution in [2.45, 2.75) is 51.4 Å². The molecule has 4 atom stereocenters. The average molecular weight is 828 g/mol. The predicted octanol–water partition coefficient (Wildman–Crippen LogP) is 16.1. The SMILES string of the molecule is CC1CC2C[C@@H](C)CC(c3ccc(-c4nc(-c5ccc(-c6ccc7oc8ccccc8c8ccccc8c8ccccc8c7c6)cc5)nc(-c5cccc6ccccc56)n4)cc3)(C1)C2. The van der Waals surface area contributed by atoms with Gasteiger partial charge in [0.05, 0.1) is 0 Å². The summed E-state index contributed by atoms with van der Waals surface area (Å²) in [5, 5.41) is 9.05. The van der Waals surface area contributed by atoms with Crippen LogP contribution in [0.1, 0.15) is 51.5 Å². The normalized spacial score (nSPS) is 19.6. The van der Waals surface area contributed by atoms with Crippen LogP contribution in [0, 0.1) is 17.8 Å². The monoisotopic (exact) mass is 827 g/mol. The predicted molar refractivity (Wildman–Crippen MR) is 266 cm³/mol. The van der Waals surface area contributed by atoms with E-state index in [1.165, 1.54) is 48.4 Å². The maximum atomic E-state index is 6.81. The number of hydrogen-bond donors (Lipinski definition) is 0. The maximum absolute atomic E-state index is 6.81. The van der Waals surface area contributed by atoms with E-state index in [0.29, 0.717) is 17.5 Å². The van der Waals surface area contributed by atoms with E-state index in [1.54, 1.807) is 0 Å². The lowest BCUT2D eigenvalue weighted by atomic mass is 9.54. The third-order valence-corrected chi connectivity index (χ3v) is 14.3. The van der Waals surface area contributed by atoms with Gasteiger partial charge in [0.25, 0.3) is 0 Å². The van der Waals surface area contributed by atoms with E-state index in [4.69, 9.17) is 19.4 Å². The number of nitrogens with zero attached hydrogens (tertiary/aromatic N) is 3. The van der Waals surface area contributed by atoms with Gasteiger partial charge >= 0.3 is 0 Å². The average Bonchev–Trinajstić information content (AvgIpc) is 3.38. The van der Waals surface area contributed by atoms with Gasteiger partial charge in [0, 0.05) is 27.5 Å². The molecular weight excluding hydrogens is 779 g/mol. The largest absolute Gasteiger partial charge is 0.456 e. The van der Waals surface area contributed by atoms with E-state index in [-0.39, 0.29) is 5.41 Å². The van der Waals surface area contributed by atoms with Gasteiger partial charge in [0.15, 0.2) is 17.5 Å². The molecule has 8 aromatic carbocycles. The Morgan fingerprint density at radius 1 is 0.406 bits per heavy atom. The first-order chi connectivity index (χ1) is 31.4. The van der Waals surface area contributed by atoms with Gasteiger partial charge in [-0.25, -0.2) is 15.0 Å². The Labute approximate surface area is 374 Å². The van der Waals surface area contributed by atoms with Crippen LogP contribution < -0.4 is 0 Å². The minimum absolute atomic E-state index is 0.266. The van der Waals surface area contributed by atoms with Gasteiger partial charge in [0.2, 0.25) is 0 Å². The molecule has 64 heavy (non-hydrogen) atoms. The zero-order valence-electron chi connectivity index (χ0n) is 36.3. The Balaban J connectivity index is 0.969. The molecule has 0 saturated heterocycles. The van der Waals surface area contributed by atoms with Crippen LogP contribution in [0.25, 0.3) is 99.5 Å². The molecule has 0 radical (unpaired) electrons. The van der Waals surface area contributed by atoms with Crippen LogP contribution in [-0.2, 0) is 5.41 Å². The molecule has 2 fully saturated rings. The molecule has 4 nitrogen and oxygen atoms in total. The van der Waals surface area contributed by atoms with Crippen molar-refractivity contribution in [1.82, 2.24) is 15.0 Å². The van der Waals surface area contributed by atoms with Gasteiger partial charge < -0.3 is 4.42 Å². The van der Waals surface area contributed by atoms with Crippen molar-refractivity contribution >= 4 is 54.3 Å². The number of aromatic nitrogens is 3. The second-order valence-corrected chi connectivity index (χ2v) is 18.8. The highest BCUT2D eigenvalue weighted by Gasteiger charge is 2.45. The Morgan fingerprint density at radius 3 is 1.56 bits per heavy atom. The van der Waals surface area contributed by atoms with Crippen molar-refractivity contribution in [1.29, 1.82) is 0 Å². The first kappa shape index (κ1) is 38.5. The molecule has 12 rings (SSSR count). The molecular formula is C60H49N3O. The molecule has 0 amide bonds. The van der Waals surface area contributed by atoms with Gasteiger partial charge in [-0.1, -0.05) is 178 Å². The summed E-state index contributed by atoms with van der Waals surface area (Å²) in [5.74, 6) is 4.38. The standard InChI is InChI=1S/C60H49N3O/c1-38-32-40-33-39(2)36-60(35-38,37-40)46-29-26-44(27-30-46)58-61-57(62-59(63-58)53-20-11-13-42-12-3-4-14-47(42)53)43-24-22-41(23-25-43)45-28-31-56-54(34-45)51-18-8-6-16-49(51)48-15-5-7-17-50(48)52-19-9-10-21-55(52)64-56/h3-31,34,38-40H,32-33,35-37H2,1-2H3/t38-,39?,40?,60?/m1/s1. The minimum atomic E-state index is 0.266. The molecule has 0 aliphatic heterocycles. The van der Waals surface area contributed by atoms with Crippen molar-refractivity contribution in [2.24, 2.45) is 17.8 Å². The van der Waals surface area contributed by atoms with Crippen molar-refractivity contribution in [3.05, 3.63) is 188 Å². The second kappa shape index (κ2) is 15.6. The summed E-state index contributed by atoms with van der Waals surface area (Å²) in [6, 6.07) is 65.0. The Kier molecular flexibility index (Phi) is 9.37. The summed E-state index contributed by atoms with van der Waals surface area (Å²) in [6.45, 7) is 4.92. The summed E-state index contributed by atoms with van der Waals surface area (Å²) in [7, 11) is 0.